The van der Waals surface area contributed by atoms with Crippen molar-refractivity contribution in [3.63, 3.8) is 0 Å². The summed E-state index contributed by atoms with van der Waals surface area (Å²) >= 11 is 0. The summed E-state index contributed by atoms with van der Waals surface area (Å²) in [5.41, 5.74) is 6.97. The smallest absolute Gasteiger partial charge is 0.242 e. The Hall–Kier alpha value is -1.99. The molecule has 0 amide bonds. The Kier molecular flexibility index (Phi) is 4.01. The van der Waals surface area contributed by atoms with E-state index in [4.69, 9.17) is 5.73 Å². The lowest BCUT2D eigenvalue weighted by molar-refractivity contribution is 0.486. The Bertz CT molecular complexity index is 699. The predicted octanol–water partition coefficient (Wildman–Crippen LogP) is 1.37. The van der Waals surface area contributed by atoms with E-state index in [0.29, 0.717) is 12.2 Å². The molecule has 0 bridgehead atoms. The van der Waals surface area contributed by atoms with E-state index < -0.39 is 10.0 Å². The molecule has 0 radical (unpaired) electrons. The van der Waals surface area contributed by atoms with Gasteiger partial charge in [0, 0.05) is 25.4 Å². The summed E-state index contributed by atoms with van der Waals surface area (Å²) < 4.78 is 25.6. The van der Waals surface area contributed by atoms with Crippen LogP contribution in [-0.4, -0.2) is 36.3 Å². The Morgan fingerprint density at radius 3 is 2.40 bits per heavy atom. The van der Waals surface area contributed by atoms with Gasteiger partial charge in [-0.2, -0.15) is 0 Å². The molecule has 0 saturated carbocycles. The largest absolute Gasteiger partial charge is 0.368 e. The Morgan fingerprint density at radius 1 is 1.20 bits per heavy atom. The summed E-state index contributed by atoms with van der Waals surface area (Å²) in [5, 5.41) is 0. The van der Waals surface area contributed by atoms with Crippen molar-refractivity contribution in [2.45, 2.75) is 11.8 Å². The summed E-state index contributed by atoms with van der Waals surface area (Å²) in [4.78, 5) is 8.17. The van der Waals surface area contributed by atoms with E-state index in [1.54, 1.807) is 50.5 Å². The van der Waals surface area contributed by atoms with Gasteiger partial charge in [0.15, 0.2) is 0 Å². The van der Waals surface area contributed by atoms with E-state index in [0.717, 1.165) is 5.56 Å². The molecule has 0 spiro atoms. The average Bonchev–Trinajstić information content (AvgIpc) is 2.46. The third-order valence-electron chi connectivity index (χ3n) is 2.98. The number of benzene rings is 1. The second kappa shape index (κ2) is 5.56. The van der Waals surface area contributed by atoms with Crippen LogP contribution < -0.4 is 5.73 Å². The van der Waals surface area contributed by atoms with Gasteiger partial charge in [0.1, 0.15) is 0 Å². The van der Waals surface area contributed by atoms with Crippen molar-refractivity contribution in [3.8, 4) is 11.3 Å². The maximum atomic E-state index is 12.1. The van der Waals surface area contributed by atoms with E-state index in [2.05, 4.69) is 9.97 Å². The molecule has 0 fully saturated rings. The fraction of sp³-hybridized carbons (Fsp3) is 0.231. The summed E-state index contributed by atoms with van der Waals surface area (Å²) in [6.07, 6.45) is 1.56. The van der Waals surface area contributed by atoms with Crippen molar-refractivity contribution in [3.05, 3.63) is 36.5 Å². The third kappa shape index (κ3) is 2.78. The zero-order chi connectivity index (χ0) is 14.8. The molecule has 6 nitrogen and oxygen atoms in total. The van der Waals surface area contributed by atoms with Crippen molar-refractivity contribution in [1.29, 1.82) is 0 Å². The van der Waals surface area contributed by atoms with Gasteiger partial charge in [0.05, 0.1) is 10.6 Å². The van der Waals surface area contributed by atoms with Crippen LogP contribution >= 0.6 is 0 Å². The molecule has 0 unspecified atom stereocenters. The van der Waals surface area contributed by atoms with Gasteiger partial charge >= 0.3 is 0 Å². The van der Waals surface area contributed by atoms with Crippen LogP contribution in [-0.2, 0) is 10.0 Å². The van der Waals surface area contributed by atoms with Crippen LogP contribution in [0.5, 0.6) is 0 Å². The van der Waals surface area contributed by atoms with Crippen LogP contribution in [0.1, 0.15) is 6.92 Å². The lowest BCUT2D eigenvalue weighted by atomic mass is 10.1. The minimum atomic E-state index is -3.42. The van der Waals surface area contributed by atoms with E-state index in [1.807, 2.05) is 0 Å². The van der Waals surface area contributed by atoms with E-state index >= 15 is 0 Å². The Balaban J connectivity index is 2.36. The quantitative estimate of drug-likeness (QED) is 0.919. The number of nitrogens with two attached hydrogens (primary N) is 1. The summed E-state index contributed by atoms with van der Waals surface area (Å²) in [6.45, 7) is 2.21. The van der Waals surface area contributed by atoms with Gasteiger partial charge in [-0.25, -0.2) is 22.7 Å². The highest BCUT2D eigenvalue weighted by Crippen LogP contribution is 2.21. The second-order valence-corrected chi connectivity index (χ2v) is 6.29. The standard InChI is InChI=1S/C13H16N4O2S/c1-3-17(2)20(18,19)11-6-4-10(5-7-11)12-8-9-15-13(14)16-12/h4-9H,3H2,1-2H3,(H2,14,15,16). The van der Waals surface area contributed by atoms with E-state index in [1.165, 1.54) is 4.31 Å². The monoisotopic (exact) mass is 292 g/mol. The normalized spacial score (nSPS) is 11.8. The molecule has 0 aliphatic rings. The zero-order valence-corrected chi connectivity index (χ0v) is 12.1. The fourth-order valence-corrected chi connectivity index (χ4v) is 2.86. The number of anilines is 1. The predicted molar refractivity (Wildman–Crippen MR) is 77.4 cm³/mol. The number of aromatic nitrogens is 2. The molecule has 2 aromatic rings. The first kappa shape index (κ1) is 14.4. The molecule has 0 aliphatic carbocycles. The van der Waals surface area contributed by atoms with Gasteiger partial charge in [-0.1, -0.05) is 19.1 Å². The zero-order valence-electron chi connectivity index (χ0n) is 11.3. The average molecular weight is 292 g/mol. The first-order chi connectivity index (χ1) is 9.45. The van der Waals surface area contributed by atoms with Crippen LogP contribution in [0.4, 0.5) is 5.95 Å². The number of nitrogen functional groups attached to an aromatic ring is 1. The second-order valence-electron chi connectivity index (χ2n) is 4.24. The fourth-order valence-electron chi connectivity index (χ4n) is 1.68. The highest BCUT2D eigenvalue weighted by molar-refractivity contribution is 7.89. The first-order valence-electron chi connectivity index (χ1n) is 6.10. The van der Waals surface area contributed by atoms with Gasteiger partial charge < -0.3 is 5.73 Å². The molecular formula is C13H16N4O2S. The lowest BCUT2D eigenvalue weighted by Gasteiger charge is -2.14. The minimum absolute atomic E-state index is 0.185. The Morgan fingerprint density at radius 2 is 1.85 bits per heavy atom. The maximum Gasteiger partial charge on any atom is 0.242 e. The summed E-state index contributed by atoms with van der Waals surface area (Å²) in [6, 6.07) is 8.26. The van der Waals surface area contributed by atoms with Crippen LogP contribution in [0.15, 0.2) is 41.4 Å². The number of hydrogen-bond donors (Lipinski definition) is 1. The van der Waals surface area contributed by atoms with Crippen LogP contribution in [0.2, 0.25) is 0 Å². The summed E-state index contributed by atoms with van der Waals surface area (Å²) in [7, 11) is -1.87. The van der Waals surface area contributed by atoms with Gasteiger partial charge in [-0.3, -0.25) is 0 Å². The molecule has 20 heavy (non-hydrogen) atoms. The van der Waals surface area contributed by atoms with Crippen molar-refractivity contribution < 1.29 is 8.42 Å². The molecule has 1 heterocycles. The molecule has 0 aliphatic heterocycles. The molecule has 7 heteroatoms. The summed E-state index contributed by atoms with van der Waals surface area (Å²) in [5.74, 6) is 0.185. The first-order valence-corrected chi connectivity index (χ1v) is 7.54. The molecule has 2 rings (SSSR count). The van der Waals surface area contributed by atoms with Gasteiger partial charge in [-0.05, 0) is 18.2 Å². The van der Waals surface area contributed by atoms with Crippen molar-refractivity contribution in [2.24, 2.45) is 0 Å². The maximum absolute atomic E-state index is 12.1. The number of rotatable bonds is 4. The number of sulfonamides is 1. The molecule has 1 aromatic carbocycles. The van der Waals surface area contributed by atoms with E-state index in [9.17, 15) is 8.42 Å². The van der Waals surface area contributed by atoms with Gasteiger partial charge in [0.25, 0.3) is 0 Å². The molecule has 2 N–H and O–H groups in total. The topological polar surface area (TPSA) is 89.2 Å². The molecule has 106 valence electrons. The van der Waals surface area contributed by atoms with Crippen LogP contribution in [0, 0.1) is 0 Å². The van der Waals surface area contributed by atoms with Crippen molar-refractivity contribution >= 4 is 16.0 Å². The number of nitrogens with zero attached hydrogens (tertiary/aromatic N) is 3. The highest BCUT2D eigenvalue weighted by Gasteiger charge is 2.18. The van der Waals surface area contributed by atoms with Crippen LogP contribution in [0.3, 0.4) is 0 Å². The molecule has 0 saturated heterocycles. The van der Waals surface area contributed by atoms with E-state index in [-0.39, 0.29) is 10.8 Å². The SMILES string of the molecule is CCN(C)S(=O)(=O)c1ccc(-c2ccnc(N)n2)cc1. The minimum Gasteiger partial charge on any atom is -0.368 e. The van der Waals surface area contributed by atoms with Gasteiger partial charge in [-0.15, -0.1) is 0 Å². The molecule has 1 aromatic heterocycles. The highest BCUT2D eigenvalue weighted by atomic mass is 32.2. The van der Waals surface area contributed by atoms with Gasteiger partial charge in [0.2, 0.25) is 16.0 Å². The number of hydrogen-bond acceptors (Lipinski definition) is 5. The Labute approximate surface area is 118 Å². The van der Waals surface area contributed by atoms with Crippen LogP contribution in [0.25, 0.3) is 11.3 Å². The molecular weight excluding hydrogens is 276 g/mol. The van der Waals surface area contributed by atoms with Crippen molar-refractivity contribution in [2.75, 3.05) is 19.3 Å². The van der Waals surface area contributed by atoms with Crippen molar-refractivity contribution in [1.82, 2.24) is 14.3 Å². The molecule has 0 atom stereocenters. The lowest BCUT2D eigenvalue weighted by Crippen LogP contribution is -2.26. The third-order valence-corrected chi connectivity index (χ3v) is 4.92.